The van der Waals surface area contributed by atoms with Crippen LogP contribution in [-0.2, 0) is 19.1 Å². The maximum atomic E-state index is 12.4. The summed E-state index contributed by atoms with van der Waals surface area (Å²) in [5.74, 6) is 0.185. The Morgan fingerprint density at radius 2 is 1.46 bits per heavy atom. The first kappa shape index (κ1) is 21.2. The van der Waals surface area contributed by atoms with Gasteiger partial charge in [-0.15, -0.1) is 0 Å². The predicted octanol–water partition coefficient (Wildman–Crippen LogP) is 4.65. The van der Waals surface area contributed by atoms with Crippen molar-refractivity contribution in [1.29, 1.82) is 0 Å². The molecule has 0 aromatic rings. The second-order valence-electron chi connectivity index (χ2n) is 7.50. The Labute approximate surface area is 148 Å². The van der Waals surface area contributed by atoms with Crippen LogP contribution in [0.25, 0.3) is 0 Å². The number of ether oxygens (including phenoxy) is 2. The number of carbonyl (C=O) groups excluding carboxylic acids is 2. The summed E-state index contributed by atoms with van der Waals surface area (Å²) in [7, 11) is 1.52. The molecule has 0 saturated heterocycles. The average molecular weight is 357 g/mol. The lowest BCUT2D eigenvalue weighted by Crippen LogP contribution is -2.48. The van der Waals surface area contributed by atoms with E-state index in [1.54, 1.807) is 0 Å². The lowest BCUT2D eigenvalue weighted by atomic mass is 9.64. The molecule has 5 heteroatoms. The van der Waals surface area contributed by atoms with E-state index < -0.39 is 25.4 Å². The Morgan fingerprint density at radius 3 is 1.83 bits per heavy atom. The van der Waals surface area contributed by atoms with E-state index in [-0.39, 0.29) is 0 Å². The van der Waals surface area contributed by atoms with Gasteiger partial charge in [0, 0.05) is 0 Å². The topological polar surface area (TPSA) is 52.6 Å². The van der Waals surface area contributed by atoms with E-state index in [0.29, 0.717) is 24.7 Å². The Bertz CT molecular complexity index is 407. The Balaban J connectivity index is 3.03. The molecule has 0 aromatic heterocycles. The molecule has 0 bridgehead atoms. The number of hydrogen-bond donors (Lipinski definition) is 0. The molecule has 1 aliphatic carbocycles. The zero-order chi connectivity index (χ0) is 18.4. The minimum Gasteiger partial charge on any atom is -0.468 e. The van der Waals surface area contributed by atoms with E-state index in [0.717, 1.165) is 12.8 Å². The molecule has 140 valence electrons. The summed E-state index contributed by atoms with van der Waals surface area (Å²) in [5, 5.41) is 0. The lowest BCUT2D eigenvalue weighted by Gasteiger charge is -2.44. The first-order chi connectivity index (χ1) is 11.4. The normalized spacial score (nSPS) is 23.6. The van der Waals surface area contributed by atoms with E-state index in [1.807, 2.05) is 0 Å². The van der Waals surface area contributed by atoms with E-state index in [9.17, 15) is 9.59 Å². The van der Waals surface area contributed by atoms with Gasteiger partial charge in [0.05, 0.1) is 22.3 Å². The molecular weight excluding hydrogens is 320 g/mol. The van der Waals surface area contributed by atoms with E-state index in [4.69, 9.17) is 9.47 Å². The van der Waals surface area contributed by atoms with Crippen LogP contribution in [0.5, 0.6) is 0 Å². The van der Waals surface area contributed by atoms with Gasteiger partial charge in [0.15, 0.2) is 5.41 Å². The van der Waals surface area contributed by atoms with Gasteiger partial charge in [-0.1, -0.05) is 58.3 Å². The van der Waals surface area contributed by atoms with Gasteiger partial charge >= 0.3 is 11.9 Å². The largest absolute Gasteiger partial charge is 0.468 e. The van der Waals surface area contributed by atoms with Crippen molar-refractivity contribution in [3.05, 3.63) is 0 Å². The molecule has 0 unspecified atom stereocenters. The summed E-state index contributed by atoms with van der Waals surface area (Å²) in [6.45, 7) is 9.21. The molecule has 0 radical (unpaired) electrons. The highest BCUT2D eigenvalue weighted by Gasteiger charge is 2.53. The molecule has 0 aromatic carbocycles. The molecule has 0 amide bonds. The second kappa shape index (κ2) is 9.02. The number of esters is 2. The second-order valence-corrected chi connectivity index (χ2v) is 13.0. The van der Waals surface area contributed by atoms with Crippen molar-refractivity contribution in [3.63, 3.8) is 0 Å². The zero-order valence-electron chi connectivity index (χ0n) is 16.4. The van der Waals surface area contributed by atoms with Gasteiger partial charge in [0.1, 0.15) is 0 Å². The van der Waals surface area contributed by atoms with Gasteiger partial charge in [-0.2, -0.15) is 0 Å². The molecule has 1 rings (SSSR count). The summed E-state index contributed by atoms with van der Waals surface area (Å²) in [6, 6.07) is 5.30. The molecule has 0 N–H and O–H groups in total. The monoisotopic (exact) mass is 356 g/mol. The van der Waals surface area contributed by atoms with Crippen LogP contribution >= 0.6 is 0 Å². The number of hydrogen-bond acceptors (Lipinski definition) is 4. The van der Waals surface area contributed by atoms with Crippen molar-refractivity contribution < 1.29 is 19.1 Å². The van der Waals surface area contributed by atoms with E-state index in [1.165, 1.54) is 38.4 Å². The molecule has 0 heterocycles. The highest BCUT2D eigenvalue weighted by Crippen LogP contribution is 2.49. The van der Waals surface area contributed by atoms with Crippen LogP contribution in [0.4, 0.5) is 0 Å². The minimum absolute atomic E-state index is 0.397. The first-order valence-electron chi connectivity index (χ1n) is 9.55. The fourth-order valence-electron chi connectivity index (χ4n) is 4.71. The maximum Gasteiger partial charge on any atom is 0.323 e. The van der Waals surface area contributed by atoms with Crippen LogP contribution in [0, 0.1) is 17.3 Å². The minimum atomic E-state index is -1.21. The SMILES string of the molecule is CC[C@@H]1CC(C(=O)OC)(C(=O)OC)CC[C@H]1C[Si](CC)(CC)CC. The fraction of sp³-hybridized carbons (Fsp3) is 0.895. The maximum absolute atomic E-state index is 12.4. The molecule has 4 nitrogen and oxygen atoms in total. The number of carbonyl (C=O) groups is 2. The molecule has 1 fully saturated rings. The quantitative estimate of drug-likeness (QED) is 0.361. The van der Waals surface area contributed by atoms with Crippen LogP contribution in [-0.4, -0.2) is 34.2 Å². The van der Waals surface area contributed by atoms with Gasteiger partial charge in [-0.05, 0) is 31.1 Å². The highest BCUT2D eigenvalue weighted by molar-refractivity contribution is 6.79. The molecule has 2 atom stereocenters. The predicted molar refractivity (Wildman–Crippen MR) is 99.6 cm³/mol. The summed E-state index contributed by atoms with van der Waals surface area (Å²) in [5.41, 5.74) is -1.09. The van der Waals surface area contributed by atoms with Crippen molar-refractivity contribution in [3.8, 4) is 0 Å². The third-order valence-corrected chi connectivity index (χ3v) is 12.7. The molecule has 0 aliphatic heterocycles. The average Bonchev–Trinajstić information content (AvgIpc) is 2.64. The Hall–Kier alpha value is -0.843. The van der Waals surface area contributed by atoms with Crippen molar-refractivity contribution in [2.45, 2.75) is 77.6 Å². The van der Waals surface area contributed by atoms with Gasteiger partial charge in [-0.25, -0.2) is 0 Å². The van der Waals surface area contributed by atoms with Crippen LogP contribution in [0.1, 0.15) is 53.4 Å². The van der Waals surface area contributed by atoms with Crippen LogP contribution in [0.2, 0.25) is 24.2 Å². The van der Waals surface area contributed by atoms with Crippen molar-refractivity contribution >= 4 is 20.0 Å². The van der Waals surface area contributed by atoms with Gasteiger partial charge in [0.2, 0.25) is 0 Å². The molecular formula is C19H36O4Si. The lowest BCUT2D eigenvalue weighted by molar-refractivity contribution is -0.174. The van der Waals surface area contributed by atoms with Gasteiger partial charge in [-0.3, -0.25) is 9.59 Å². The standard InChI is InChI=1S/C19H36O4Si/c1-7-15-13-19(17(20)22-5,18(21)23-6)12-11-16(15)14-24(8-2,9-3)10-4/h15-16H,7-14H2,1-6H3/t15-,16+/m1/s1. The third kappa shape index (κ3) is 4.03. The smallest absolute Gasteiger partial charge is 0.323 e. The van der Waals surface area contributed by atoms with Crippen LogP contribution < -0.4 is 0 Å². The third-order valence-electron chi connectivity index (χ3n) is 6.84. The number of methoxy groups -OCH3 is 2. The van der Waals surface area contributed by atoms with Crippen molar-refractivity contribution in [2.24, 2.45) is 17.3 Å². The van der Waals surface area contributed by atoms with Crippen molar-refractivity contribution in [1.82, 2.24) is 0 Å². The summed E-state index contributed by atoms with van der Waals surface area (Å²) in [6.07, 6.45) is 3.07. The Kier molecular flexibility index (Phi) is 7.97. The fourth-order valence-corrected chi connectivity index (χ4v) is 8.73. The summed E-state index contributed by atoms with van der Waals surface area (Å²) < 4.78 is 9.95. The molecule has 1 aliphatic rings. The first-order valence-corrected chi connectivity index (χ1v) is 12.4. The summed E-state index contributed by atoms with van der Waals surface area (Å²) >= 11 is 0. The highest BCUT2D eigenvalue weighted by atomic mass is 28.3. The van der Waals surface area contributed by atoms with Crippen molar-refractivity contribution in [2.75, 3.05) is 14.2 Å². The molecule has 1 saturated carbocycles. The van der Waals surface area contributed by atoms with Crippen LogP contribution in [0.15, 0.2) is 0 Å². The zero-order valence-corrected chi connectivity index (χ0v) is 17.4. The molecule has 24 heavy (non-hydrogen) atoms. The van der Waals surface area contributed by atoms with Gasteiger partial charge in [0.25, 0.3) is 0 Å². The summed E-state index contributed by atoms with van der Waals surface area (Å²) in [4.78, 5) is 24.8. The van der Waals surface area contributed by atoms with E-state index in [2.05, 4.69) is 27.7 Å². The molecule has 0 spiro atoms. The van der Waals surface area contributed by atoms with E-state index >= 15 is 0 Å². The number of rotatable bonds is 8. The Morgan fingerprint density at radius 1 is 0.958 bits per heavy atom. The van der Waals surface area contributed by atoms with Gasteiger partial charge < -0.3 is 9.47 Å². The van der Waals surface area contributed by atoms with Crippen LogP contribution in [0.3, 0.4) is 0 Å².